The number of aromatic nitrogens is 3. The van der Waals surface area contributed by atoms with E-state index in [9.17, 15) is 0 Å². The predicted octanol–water partition coefficient (Wildman–Crippen LogP) is 1.93. The monoisotopic (exact) mass is 252 g/mol. The smallest absolute Gasteiger partial charge is 0.156 e. The average molecular weight is 253 g/mol. The first-order valence-corrected chi connectivity index (χ1v) is 5.94. The molecule has 0 aromatic carbocycles. The summed E-state index contributed by atoms with van der Waals surface area (Å²) >= 11 is 5.93. The normalized spacial score (nSPS) is 19.1. The van der Waals surface area contributed by atoms with E-state index in [-0.39, 0.29) is 0 Å². The molecule has 0 fully saturated rings. The molecule has 0 radical (unpaired) electrons. The third-order valence-corrected chi connectivity index (χ3v) is 3.24. The number of fused-ring (bicyclic) bond motifs is 3. The Morgan fingerprint density at radius 2 is 2.53 bits per heavy atom. The summed E-state index contributed by atoms with van der Waals surface area (Å²) in [6.07, 6.45) is 2.86. The van der Waals surface area contributed by atoms with Gasteiger partial charge in [0.1, 0.15) is 0 Å². The molecule has 0 bridgehead atoms. The van der Waals surface area contributed by atoms with Gasteiger partial charge in [0.2, 0.25) is 0 Å². The fourth-order valence-electron chi connectivity index (χ4n) is 2.33. The number of hydrogen-bond donors (Lipinski definition) is 1. The molecular weight excluding hydrogens is 240 g/mol. The Morgan fingerprint density at radius 1 is 1.65 bits per heavy atom. The summed E-state index contributed by atoms with van der Waals surface area (Å²) in [4.78, 5) is 4.32. The van der Waals surface area contributed by atoms with E-state index in [1.807, 2.05) is 10.7 Å². The van der Waals surface area contributed by atoms with Crippen LogP contribution in [0, 0.1) is 0 Å². The van der Waals surface area contributed by atoms with Crippen molar-refractivity contribution in [2.45, 2.75) is 12.3 Å². The summed E-state index contributed by atoms with van der Waals surface area (Å²) < 4.78 is 7.08. The second kappa shape index (κ2) is 4.16. The molecule has 2 aromatic rings. The first-order chi connectivity index (χ1) is 8.29. The maximum absolute atomic E-state index is 5.93. The van der Waals surface area contributed by atoms with Gasteiger partial charge in [0.05, 0.1) is 24.2 Å². The maximum atomic E-state index is 5.93. The minimum absolute atomic E-state index is 0.331. The van der Waals surface area contributed by atoms with Crippen LogP contribution in [0.1, 0.15) is 18.0 Å². The van der Waals surface area contributed by atoms with Crippen molar-refractivity contribution in [1.82, 2.24) is 14.6 Å². The first kappa shape index (κ1) is 10.8. The van der Waals surface area contributed by atoms with Gasteiger partial charge in [-0.1, -0.05) is 11.6 Å². The van der Waals surface area contributed by atoms with Crippen LogP contribution in [-0.2, 0) is 4.74 Å². The third-order valence-electron chi connectivity index (χ3n) is 3.05. The quantitative estimate of drug-likeness (QED) is 0.887. The highest BCUT2D eigenvalue weighted by Crippen LogP contribution is 2.31. The van der Waals surface area contributed by atoms with Gasteiger partial charge in [-0.15, -0.1) is 0 Å². The molecule has 3 rings (SSSR count). The molecule has 0 amide bonds. The van der Waals surface area contributed by atoms with Crippen molar-refractivity contribution in [2.75, 3.05) is 25.6 Å². The number of halogens is 1. The van der Waals surface area contributed by atoms with Crippen LogP contribution in [0.5, 0.6) is 0 Å². The summed E-state index contributed by atoms with van der Waals surface area (Å²) in [6.45, 7) is 1.62. The SMILES string of the molecule is COCC1CCNc2cnc3cc(Cl)nn3c21. The van der Waals surface area contributed by atoms with Crippen LogP contribution in [0.3, 0.4) is 0 Å². The molecule has 2 aromatic heterocycles. The van der Waals surface area contributed by atoms with Gasteiger partial charge in [0.15, 0.2) is 10.8 Å². The molecule has 1 aliphatic rings. The zero-order valence-electron chi connectivity index (χ0n) is 9.48. The molecule has 1 atom stereocenters. The fourth-order valence-corrected chi connectivity index (χ4v) is 2.51. The number of rotatable bonds is 2. The fraction of sp³-hybridized carbons (Fsp3) is 0.455. The standard InChI is InChI=1S/C11H13ClN4O/c1-17-6-7-2-3-13-8-5-14-10-4-9(12)15-16(10)11(7)8/h4-5,7,13H,2-3,6H2,1H3. The van der Waals surface area contributed by atoms with E-state index in [2.05, 4.69) is 15.4 Å². The van der Waals surface area contributed by atoms with Crippen LogP contribution in [-0.4, -0.2) is 34.9 Å². The van der Waals surface area contributed by atoms with Crippen LogP contribution in [0.25, 0.3) is 5.65 Å². The van der Waals surface area contributed by atoms with E-state index in [4.69, 9.17) is 16.3 Å². The van der Waals surface area contributed by atoms with Gasteiger partial charge in [0.25, 0.3) is 0 Å². The Kier molecular flexibility index (Phi) is 2.64. The Hall–Kier alpha value is -1.33. The molecular formula is C11H13ClN4O. The molecule has 0 aliphatic carbocycles. The maximum Gasteiger partial charge on any atom is 0.156 e. The van der Waals surface area contributed by atoms with E-state index in [0.29, 0.717) is 17.7 Å². The number of anilines is 1. The number of nitrogens with zero attached hydrogens (tertiary/aromatic N) is 3. The molecule has 0 spiro atoms. The second-order valence-electron chi connectivity index (χ2n) is 4.16. The van der Waals surface area contributed by atoms with Crippen LogP contribution in [0.4, 0.5) is 5.69 Å². The minimum Gasteiger partial charge on any atom is -0.384 e. The summed E-state index contributed by atoms with van der Waals surface area (Å²) in [6, 6.07) is 1.76. The van der Waals surface area contributed by atoms with Gasteiger partial charge in [-0.2, -0.15) is 5.10 Å². The molecule has 5 nitrogen and oxygen atoms in total. The minimum atomic E-state index is 0.331. The lowest BCUT2D eigenvalue weighted by Crippen LogP contribution is -2.23. The van der Waals surface area contributed by atoms with E-state index >= 15 is 0 Å². The molecule has 6 heteroatoms. The Labute approximate surface area is 104 Å². The van der Waals surface area contributed by atoms with E-state index in [1.165, 1.54) is 0 Å². The summed E-state index contributed by atoms with van der Waals surface area (Å²) in [7, 11) is 1.72. The van der Waals surface area contributed by atoms with Crippen LogP contribution >= 0.6 is 11.6 Å². The van der Waals surface area contributed by atoms with Crippen LogP contribution in [0.15, 0.2) is 12.3 Å². The van der Waals surface area contributed by atoms with Crippen molar-refractivity contribution in [1.29, 1.82) is 0 Å². The molecule has 1 aliphatic heterocycles. The highest BCUT2D eigenvalue weighted by molar-refractivity contribution is 6.29. The van der Waals surface area contributed by atoms with E-state index < -0.39 is 0 Å². The first-order valence-electron chi connectivity index (χ1n) is 5.56. The molecule has 1 N–H and O–H groups in total. The summed E-state index contributed by atoms with van der Waals surface area (Å²) in [5.74, 6) is 0.331. The van der Waals surface area contributed by atoms with Gasteiger partial charge in [-0.3, -0.25) is 0 Å². The number of methoxy groups -OCH3 is 1. The summed E-state index contributed by atoms with van der Waals surface area (Å²) in [5.41, 5.74) is 2.90. The van der Waals surface area contributed by atoms with E-state index in [0.717, 1.165) is 30.0 Å². The molecule has 0 saturated carbocycles. The second-order valence-corrected chi connectivity index (χ2v) is 4.55. The van der Waals surface area contributed by atoms with Crippen molar-refractivity contribution in [3.05, 3.63) is 23.1 Å². The predicted molar refractivity (Wildman–Crippen MR) is 65.7 cm³/mol. The Bertz CT molecular complexity index is 554. The van der Waals surface area contributed by atoms with Crippen LogP contribution < -0.4 is 5.32 Å². The van der Waals surface area contributed by atoms with Crippen LogP contribution in [0.2, 0.25) is 5.15 Å². The molecule has 90 valence electrons. The number of ether oxygens (including phenoxy) is 1. The largest absolute Gasteiger partial charge is 0.384 e. The molecule has 0 saturated heterocycles. The van der Waals surface area contributed by atoms with Gasteiger partial charge in [0, 0.05) is 25.6 Å². The van der Waals surface area contributed by atoms with Gasteiger partial charge >= 0.3 is 0 Å². The molecule has 3 heterocycles. The average Bonchev–Trinajstić information content (AvgIpc) is 2.70. The number of hydrogen-bond acceptors (Lipinski definition) is 4. The van der Waals surface area contributed by atoms with E-state index in [1.54, 1.807) is 13.2 Å². The van der Waals surface area contributed by atoms with Crippen molar-refractivity contribution >= 4 is 22.9 Å². The van der Waals surface area contributed by atoms with Crippen molar-refractivity contribution in [3.63, 3.8) is 0 Å². The Morgan fingerprint density at radius 3 is 3.35 bits per heavy atom. The Balaban J connectivity index is 2.20. The van der Waals surface area contributed by atoms with Crippen molar-refractivity contribution in [3.8, 4) is 0 Å². The number of nitrogens with one attached hydrogen (secondary N) is 1. The highest BCUT2D eigenvalue weighted by atomic mass is 35.5. The highest BCUT2D eigenvalue weighted by Gasteiger charge is 2.24. The zero-order valence-corrected chi connectivity index (χ0v) is 10.2. The van der Waals surface area contributed by atoms with Crippen molar-refractivity contribution in [2.24, 2.45) is 0 Å². The molecule has 1 unspecified atom stereocenters. The summed E-state index contributed by atoms with van der Waals surface area (Å²) in [5, 5.41) is 8.08. The lowest BCUT2D eigenvalue weighted by molar-refractivity contribution is 0.174. The lowest BCUT2D eigenvalue weighted by atomic mass is 9.97. The van der Waals surface area contributed by atoms with Gasteiger partial charge < -0.3 is 10.1 Å². The van der Waals surface area contributed by atoms with Gasteiger partial charge in [-0.25, -0.2) is 9.50 Å². The third kappa shape index (κ3) is 1.75. The lowest BCUT2D eigenvalue weighted by Gasteiger charge is -2.26. The molecule has 17 heavy (non-hydrogen) atoms. The van der Waals surface area contributed by atoms with Crippen molar-refractivity contribution < 1.29 is 4.74 Å². The van der Waals surface area contributed by atoms with Gasteiger partial charge in [-0.05, 0) is 6.42 Å². The topological polar surface area (TPSA) is 51.5 Å². The zero-order chi connectivity index (χ0) is 11.8.